The molecule has 1 aromatic carbocycles. The molecule has 6 nitrogen and oxygen atoms in total. The Kier molecular flexibility index (Phi) is 10.5. The maximum atomic E-state index is 5.68. The molecule has 0 aromatic heterocycles. The molecular formula is C22H37IN4O2. The number of guanidine groups is 1. The number of rotatable bonds is 7. The van der Waals surface area contributed by atoms with Crippen LogP contribution in [0.25, 0.3) is 0 Å². The molecule has 2 saturated heterocycles. The summed E-state index contributed by atoms with van der Waals surface area (Å²) < 4.78 is 11.2. The Morgan fingerprint density at radius 2 is 2.07 bits per heavy atom. The van der Waals surface area contributed by atoms with Crippen LogP contribution in [0.1, 0.15) is 37.3 Å². The minimum atomic E-state index is 0. The van der Waals surface area contributed by atoms with E-state index in [2.05, 4.69) is 45.4 Å². The Bertz CT molecular complexity index is 631. The Morgan fingerprint density at radius 3 is 2.72 bits per heavy atom. The predicted molar refractivity (Wildman–Crippen MR) is 129 cm³/mol. The first-order valence-corrected chi connectivity index (χ1v) is 10.6. The van der Waals surface area contributed by atoms with Crippen molar-refractivity contribution >= 4 is 29.9 Å². The molecule has 0 aliphatic carbocycles. The molecule has 0 saturated carbocycles. The Morgan fingerprint density at radius 1 is 1.31 bits per heavy atom. The number of hydrogen-bond donors (Lipinski definition) is 1. The fraction of sp³-hybridized carbons (Fsp3) is 0.682. The highest BCUT2D eigenvalue weighted by Crippen LogP contribution is 2.31. The third-order valence-corrected chi connectivity index (χ3v) is 5.91. The molecule has 0 radical (unpaired) electrons. The summed E-state index contributed by atoms with van der Waals surface area (Å²) in [7, 11) is 5.74. The minimum absolute atomic E-state index is 0. The average molecular weight is 516 g/mol. The van der Waals surface area contributed by atoms with Crippen LogP contribution in [0, 0.1) is 5.92 Å². The first-order valence-electron chi connectivity index (χ1n) is 10.6. The van der Waals surface area contributed by atoms with Gasteiger partial charge in [0.2, 0.25) is 0 Å². The van der Waals surface area contributed by atoms with Gasteiger partial charge in [-0.3, -0.25) is 9.89 Å². The van der Waals surface area contributed by atoms with Crippen LogP contribution in [0.15, 0.2) is 29.3 Å². The lowest BCUT2D eigenvalue weighted by Gasteiger charge is -2.36. The zero-order chi connectivity index (χ0) is 19.8. The van der Waals surface area contributed by atoms with E-state index in [-0.39, 0.29) is 30.0 Å². The number of ether oxygens (including phenoxy) is 2. The van der Waals surface area contributed by atoms with E-state index in [0.29, 0.717) is 5.92 Å². The van der Waals surface area contributed by atoms with Gasteiger partial charge < -0.3 is 19.7 Å². The fourth-order valence-electron chi connectivity index (χ4n) is 4.38. The summed E-state index contributed by atoms with van der Waals surface area (Å²) in [6, 6.07) is 8.68. The van der Waals surface area contributed by atoms with Crippen molar-refractivity contribution in [3.63, 3.8) is 0 Å². The second kappa shape index (κ2) is 12.6. The van der Waals surface area contributed by atoms with E-state index >= 15 is 0 Å². The number of para-hydroxylation sites is 1. The lowest BCUT2D eigenvalue weighted by molar-refractivity contribution is 0.160. The highest BCUT2D eigenvalue weighted by Gasteiger charge is 2.26. The van der Waals surface area contributed by atoms with Gasteiger partial charge in [-0.05, 0) is 38.4 Å². The number of nitrogens with zero attached hydrogens (tertiary/aromatic N) is 3. The summed E-state index contributed by atoms with van der Waals surface area (Å²) in [4.78, 5) is 9.34. The van der Waals surface area contributed by atoms with Crippen LogP contribution >= 0.6 is 24.0 Å². The average Bonchev–Trinajstić information content (AvgIpc) is 3.25. The van der Waals surface area contributed by atoms with E-state index in [1.54, 1.807) is 7.11 Å². The molecule has 3 rings (SSSR count). The van der Waals surface area contributed by atoms with Crippen LogP contribution in [-0.4, -0.2) is 76.4 Å². The Labute approximate surface area is 193 Å². The van der Waals surface area contributed by atoms with E-state index < -0.39 is 0 Å². The lowest BCUT2D eigenvalue weighted by Crippen LogP contribution is -2.46. The van der Waals surface area contributed by atoms with Crippen molar-refractivity contribution in [1.82, 2.24) is 15.1 Å². The van der Waals surface area contributed by atoms with Crippen molar-refractivity contribution in [3.05, 3.63) is 29.8 Å². The van der Waals surface area contributed by atoms with Crippen LogP contribution in [0.2, 0.25) is 0 Å². The van der Waals surface area contributed by atoms with Gasteiger partial charge in [-0.2, -0.15) is 0 Å². The van der Waals surface area contributed by atoms with Crippen LogP contribution in [-0.2, 0) is 4.74 Å². The SMILES string of the molecule is CN=C(NCC(c1ccccc1OC)N1CCCCC1)N(C)CC1CCOC1.I. The standard InChI is InChI=1S/C22H36N4O2.HI/c1-23-22(25(2)16-18-11-14-28-17-18)24-15-20(26-12-7-4-8-13-26)19-9-5-6-10-21(19)27-3;/h5-6,9-10,18,20H,4,7-8,11-17H2,1-3H3,(H,23,24);1H. The van der Waals surface area contributed by atoms with Gasteiger partial charge in [0.25, 0.3) is 0 Å². The van der Waals surface area contributed by atoms with Gasteiger partial charge in [-0.25, -0.2) is 0 Å². The smallest absolute Gasteiger partial charge is 0.193 e. The Balaban J connectivity index is 0.00000300. The summed E-state index contributed by atoms with van der Waals surface area (Å²) in [5, 5.41) is 3.63. The topological polar surface area (TPSA) is 49.3 Å². The third-order valence-electron chi connectivity index (χ3n) is 5.91. The van der Waals surface area contributed by atoms with Gasteiger partial charge in [0, 0.05) is 45.3 Å². The van der Waals surface area contributed by atoms with Crippen molar-refractivity contribution in [2.45, 2.75) is 31.7 Å². The summed E-state index contributed by atoms with van der Waals surface area (Å²) in [6.45, 7) is 5.81. The molecule has 0 spiro atoms. The number of likely N-dealkylation sites (tertiary alicyclic amines) is 1. The molecule has 164 valence electrons. The number of halogens is 1. The highest BCUT2D eigenvalue weighted by molar-refractivity contribution is 14.0. The molecule has 0 bridgehead atoms. The maximum Gasteiger partial charge on any atom is 0.193 e. The monoisotopic (exact) mass is 516 g/mol. The predicted octanol–water partition coefficient (Wildman–Crippen LogP) is 3.38. The van der Waals surface area contributed by atoms with Gasteiger partial charge in [-0.1, -0.05) is 24.6 Å². The minimum Gasteiger partial charge on any atom is -0.496 e. The van der Waals surface area contributed by atoms with Crippen molar-refractivity contribution < 1.29 is 9.47 Å². The van der Waals surface area contributed by atoms with E-state index in [4.69, 9.17) is 9.47 Å². The van der Waals surface area contributed by atoms with Crippen LogP contribution in [0.4, 0.5) is 0 Å². The van der Waals surface area contributed by atoms with Crippen LogP contribution in [0.5, 0.6) is 5.75 Å². The van der Waals surface area contributed by atoms with Gasteiger partial charge in [0.1, 0.15) is 5.75 Å². The fourth-order valence-corrected chi connectivity index (χ4v) is 4.38. The molecule has 2 atom stereocenters. The first-order chi connectivity index (χ1) is 13.7. The Hall–Kier alpha value is -1.06. The molecule has 2 aliphatic rings. The van der Waals surface area contributed by atoms with Crippen LogP contribution in [0.3, 0.4) is 0 Å². The van der Waals surface area contributed by atoms with Crippen molar-refractivity contribution in [2.24, 2.45) is 10.9 Å². The lowest BCUT2D eigenvalue weighted by atomic mass is 10.0. The quantitative estimate of drug-likeness (QED) is 0.342. The molecule has 0 amide bonds. The first kappa shape index (κ1) is 24.2. The summed E-state index contributed by atoms with van der Waals surface area (Å²) in [5.41, 5.74) is 1.25. The number of aliphatic imine (C=N–C) groups is 1. The molecule has 29 heavy (non-hydrogen) atoms. The van der Waals surface area contributed by atoms with E-state index in [1.165, 1.54) is 24.8 Å². The molecule has 2 fully saturated rings. The van der Waals surface area contributed by atoms with Crippen molar-refractivity contribution in [2.75, 3.05) is 60.6 Å². The van der Waals surface area contributed by atoms with Gasteiger partial charge in [0.15, 0.2) is 5.96 Å². The zero-order valence-electron chi connectivity index (χ0n) is 18.1. The summed E-state index contributed by atoms with van der Waals surface area (Å²) >= 11 is 0. The molecule has 2 aliphatic heterocycles. The normalized spacial score (nSPS) is 21.3. The maximum absolute atomic E-state index is 5.68. The van der Waals surface area contributed by atoms with E-state index in [9.17, 15) is 0 Å². The molecule has 1 N–H and O–H groups in total. The van der Waals surface area contributed by atoms with Crippen LogP contribution < -0.4 is 10.1 Å². The van der Waals surface area contributed by atoms with E-state index in [1.807, 2.05) is 13.1 Å². The molecule has 7 heteroatoms. The van der Waals surface area contributed by atoms with Gasteiger partial charge in [-0.15, -0.1) is 24.0 Å². The summed E-state index contributed by atoms with van der Waals surface area (Å²) in [5.74, 6) is 2.51. The summed E-state index contributed by atoms with van der Waals surface area (Å²) in [6.07, 6.45) is 5.00. The van der Waals surface area contributed by atoms with Gasteiger partial charge >= 0.3 is 0 Å². The molecule has 1 aromatic rings. The van der Waals surface area contributed by atoms with Gasteiger partial charge in [0.05, 0.1) is 19.8 Å². The second-order valence-electron chi connectivity index (χ2n) is 7.89. The highest BCUT2D eigenvalue weighted by atomic mass is 127. The zero-order valence-corrected chi connectivity index (χ0v) is 20.4. The number of hydrogen-bond acceptors (Lipinski definition) is 4. The third kappa shape index (κ3) is 6.72. The van der Waals surface area contributed by atoms with Crippen molar-refractivity contribution in [3.8, 4) is 5.75 Å². The second-order valence-corrected chi connectivity index (χ2v) is 7.89. The largest absolute Gasteiger partial charge is 0.496 e. The molecule has 2 unspecified atom stereocenters. The molecule has 2 heterocycles. The number of methoxy groups -OCH3 is 1. The number of piperidine rings is 1. The van der Waals surface area contributed by atoms with E-state index in [0.717, 1.165) is 57.5 Å². The van der Waals surface area contributed by atoms with Crippen molar-refractivity contribution in [1.29, 1.82) is 0 Å². The molecular weight excluding hydrogens is 479 g/mol. The number of benzene rings is 1. The number of nitrogens with one attached hydrogen (secondary N) is 1.